The third-order valence-corrected chi connectivity index (χ3v) is 14.3. The van der Waals surface area contributed by atoms with Crippen LogP contribution in [0, 0.1) is 0 Å². The largest absolute Gasteiger partial charge is 0.481 e. The smallest absolute Gasteiger partial charge is 0.410 e. The van der Waals surface area contributed by atoms with Crippen LogP contribution in [-0.4, -0.2) is 132 Å². The zero-order valence-electron chi connectivity index (χ0n) is 42.3. The zero-order chi connectivity index (χ0) is 50.1. The fraction of sp³-hybridized carbons (Fsp3) is 0.453. The molecule has 0 bridgehead atoms. The summed E-state index contributed by atoms with van der Waals surface area (Å²) in [5.41, 5.74) is 5.24. The number of rotatable bonds is 10. The summed E-state index contributed by atoms with van der Waals surface area (Å²) in [6, 6.07) is 16.7. The Hall–Kier alpha value is -7.61. The van der Waals surface area contributed by atoms with Crippen molar-refractivity contribution in [3.8, 4) is 11.8 Å². The van der Waals surface area contributed by atoms with Gasteiger partial charge in [0, 0.05) is 111 Å². The zero-order valence-corrected chi connectivity index (χ0v) is 42.3. The first-order valence-electron chi connectivity index (χ1n) is 25.7. The molecule has 8 aromatic heterocycles. The van der Waals surface area contributed by atoms with Crippen molar-refractivity contribution in [2.24, 2.45) is 0 Å². The summed E-state index contributed by atoms with van der Waals surface area (Å²) >= 11 is 0. The van der Waals surface area contributed by atoms with E-state index in [0.29, 0.717) is 54.6 Å². The summed E-state index contributed by atoms with van der Waals surface area (Å²) in [7, 11) is 3.29. The van der Waals surface area contributed by atoms with Gasteiger partial charge in [-0.1, -0.05) is 25.7 Å². The van der Waals surface area contributed by atoms with Crippen LogP contribution in [0.25, 0.3) is 44.1 Å². The first-order chi connectivity index (χ1) is 35.6. The van der Waals surface area contributed by atoms with Gasteiger partial charge in [0.2, 0.25) is 23.7 Å². The lowest BCUT2D eigenvalue weighted by atomic mass is 10.2. The number of carbonyl (C=O) groups is 1. The fourth-order valence-electron chi connectivity index (χ4n) is 10.6. The van der Waals surface area contributed by atoms with Crippen molar-refractivity contribution in [1.29, 1.82) is 0 Å². The number of anilines is 6. The number of nitrogens with one attached hydrogen (secondary N) is 3. The SMILES string of the molecule is COc1ccc2c3cnc(Nc4ccc(N5CCN(C(=O)OC(C)(C)C)CC5)cn4)nc3n(C3CCCC3)c2n1.COc1ccc2c3cnc(Nc4ccc(N5CCNCC5)cn4)nc3n(C3CCCC3)c2n1. The highest BCUT2D eigenvalue weighted by Crippen LogP contribution is 2.40. The van der Waals surface area contributed by atoms with Crippen molar-refractivity contribution >= 4 is 85.1 Å². The summed E-state index contributed by atoms with van der Waals surface area (Å²) < 4.78 is 20.9. The topological polar surface area (TPSA) is 204 Å². The molecule has 380 valence electrons. The molecule has 20 heteroatoms. The Labute approximate surface area is 423 Å². The monoisotopic (exact) mass is 989 g/mol. The summed E-state index contributed by atoms with van der Waals surface area (Å²) in [6.07, 6.45) is 16.6. The first-order valence-corrected chi connectivity index (χ1v) is 25.7. The summed E-state index contributed by atoms with van der Waals surface area (Å²) in [4.78, 5) is 56.5. The van der Waals surface area contributed by atoms with Crippen LogP contribution in [0.1, 0.15) is 84.2 Å². The average molecular weight is 989 g/mol. The third kappa shape index (κ3) is 10.1. The molecule has 1 amide bonds. The van der Waals surface area contributed by atoms with E-state index in [-0.39, 0.29) is 6.09 Å². The number of nitrogens with zero attached hydrogens (tertiary/aromatic N) is 13. The van der Waals surface area contributed by atoms with Crippen LogP contribution in [0.2, 0.25) is 0 Å². The molecule has 3 N–H and O–H groups in total. The predicted molar refractivity (Wildman–Crippen MR) is 284 cm³/mol. The second kappa shape index (κ2) is 20.5. The number of ether oxygens (including phenoxy) is 3. The lowest BCUT2D eigenvalue weighted by molar-refractivity contribution is 0.0240. The lowest BCUT2D eigenvalue weighted by Crippen LogP contribution is -2.50. The molecule has 0 unspecified atom stereocenters. The Morgan fingerprint density at radius 1 is 0.548 bits per heavy atom. The van der Waals surface area contributed by atoms with Crippen molar-refractivity contribution in [1.82, 2.24) is 59.2 Å². The Morgan fingerprint density at radius 3 is 1.42 bits per heavy atom. The van der Waals surface area contributed by atoms with Gasteiger partial charge in [0.05, 0.1) is 38.0 Å². The van der Waals surface area contributed by atoms with E-state index in [4.69, 9.17) is 34.1 Å². The third-order valence-electron chi connectivity index (χ3n) is 14.3. The predicted octanol–water partition coefficient (Wildman–Crippen LogP) is 8.95. The molecule has 4 fully saturated rings. The second-order valence-electron chi connectivity index (χ2n) is 20.2. The molecule has 0 spiro atoms. The number of piperazine rings is 2. The van der Waals surface area contributed by atoms with Crippen molar-refractivity contribution in [2.75, 3.05) is 87.0 Å². The number of carbonyl (C=O) groups excluding carboxylic acids is 1. The molecule has 12 rings (SSSR count). The highest BCUT2D eigenvalue weighted by molar-refractivity contribution is 6.06. The van der Waals surface area contributed by atoms with Crippen LogP contribution in [0.4, 0.5) is 39.7 Å². The van der Waals surface area contributed by atoms with Gasteiger partial charge in [-0.25, -0.2) is 24.7 Å². The van der Waals surface area contributed by atoms with Gasteiger partial charge in [0.25, 0.3) is 0 Å². The van der Waals surface area contributed by atoms with E-state index in [2.05, 4.69) is 67.0 Å². The Kier molecular flexibility index (Phi) is 13.4. The molecule has 2 aliphatic heterocycles. The van der Waals surface area contributed by atoms with E-state index >= 15 is 0 Å². The van der Waals surface area contributed by atoms with Crippen molar-refractivity contribution in [2.45, 2.75) is 89.8 Å². The van der Waals surface area contributed by atoms with Gasteiger partial charge < -0.3 is 54.0 Å². The van der Waals surface area contributed by atoms with Gasteiger partial charge in [-0.2, -0.15) is 19.9 Å². The normalized spacial score (nSPS) is 16.9. The first kappa shape index (κ1) is 47.7. The minimum atomic E-state index is -0.493. The molecular formula is C53H64N16O4. The van der Waals surface area contributed by atoms with Crippen LogP contribution in [0.15, 0.2) is 73.3 Å². The number of hydrogen-bond donors (Lipinski definition) is 3. The van der Waals surface area contributed by atoms with E-state index in [1.807, 2.05) is 82.0 Å². The number of aromatic nitrogens is 10. The Morgan fingerprint density at radius 2 is 1.00 bits per heavy atom. The highest BCUT2D eigenvalue weighted by Gasteiger charge is 2.28. The van der Waals surface area contributed by atoms with E-state index in [1.165, 1.54) is 25.7 Å². The molecule has 2 saturated carbocycles. The Balaban J connectivity index is 0.000000160. The van der Waals surface area contributed by atoms with E-state index in [1.54, 1.807) is 19.1 Å². The molecule has 0 aromatic carbocycles. The van der Waals surface area contributed by atoms with Crippen LogP contribution < -0.4 is 35.2 Å². The van der Waals surface area contributed by atoms with Crippen LogP contribution >= 0.6 is 0 Å². The van der Waals surface area contributed by atoms with Gasteiger partial charge in [0.1, 0.15) is 39.8 Å². The van der Waals surface area contributed by atoms with Crippen molar-refractivity contribution in [3.63, 3.8) is 0 Å². The minimum Gasteiger partial charge on any atom is -0.481 e. The number of pyridine rings is 4. The average Bonchev–Trinajstić information content (AvgIpc) is 4.25. The maximum Gasteiger partial charge on any atom is 0.410 e. The van der Waals surface area contributed by atoms with Gasteiger partial charge >= 0.3 is 6.09 Å². The van der Waals surface area contributed by atoms with Gasteiger partial charge in [0.15, 0.2) is 0 Å². The summed E-state index contributed by atoms with van der Waals surface area (Å²) in [6.45, 7) is 12.3. The molecular weight excluding hydrogens is 925 g/mol. The number of methoxy groups -OCH3 is 2. The molecule has 2 aliphatic carbocycles. The quantitative estimate of drug-likeness (QED) is 0.117. The maximum absolute atomic E-state index is 12.4. The van der Waals surface area contributed by atoms with Gasteiger partial charge in [-0.3, -0.25) is 0 Å². The van der Waals surface area contributed by atoms with E-state index in [9.17, 15) is 4.79 Å². The van der Waals surface area contributed by atoms with Crippen molar-refractivity contribution in [3.05, 3.63) is 73.3 Å². The van der Waals surface area contributed by atoms with E-state index < -0.39 is 5.60 Å². The van der Waals surface area contributed by atoms with Crippen LogP contribution in [0.5, 0.6) is 11.8 Å². The second-order valence-corrected chi connectivity index (χ2v) is 20.2. The molecule has 73 heavy (non-hydrogen) atoms. The summed E-state index contributed by atoms with van der Waals surface area (Å²) in [5, 5.41) is 14.0. The standard InChI is InChI=1S/C29H36N8O3.C24H28N8O/c1-29(2,3)40-28(38)36-15-13-35(14-16-36)20-9-11-23(30-17-20)32-27-31-18-22-21-10-12-24(39-4)33-25(21)37(26(22)34-27)19-7-5-6-8-19;1-33-21-9-7-18-19-15-27-24(30-23(19)32(22(18)29-21)16-4-2-3-5-16)28-20-8-6-17(14-26-20)31-12-10-25-11-13-31/h9-12,17-19H,5-8,13-16H2,1-4H3,(H,30,31,32,34);6-9,14-16,25H,2-5,10-13H2,1H3,(H,26,27,28,30). The molecule has 10 heterocycles. The number of amides is 1. The molecule has 20 nitrogen and oxygen atoms in total. The van der Waals surface area contributed by atoms with Crippen LogP contribution in [0.3, 0.4) is 0 Å². The Bertz CT molecular complexity index is 3220. The minimum absolute atomic E-state index is 0.260. The van der Waals surface area contributed by atoms with Crippen LogP contribution in [-0.2, 0) is 4.74 Å². The molecule has 8 aromatic rings. The molecule has 0 radical (unpaired) electrons. The van der Waals surface area contributed by atoms with Crippen molar-refractivity contribution < 1.29 is 19.0 Å². The lowest BCUT2D eigenvalue weighted by Gasteiger charge is -2.36. The number of hydrogen-bond acceptors (Lipinski definition) is 17. The van der Waals surface area contributed by atoms with E-state index in [0.717, 1.165) is 126 Å². The maximum atomic E-state index is 12.4. The fourth-order valence-corrected chi connectivity index (χ4v) is 10.6. The highest BCUT2D eigenvalue weighted by atomic mass is 16.6. The van der Waals surface area contributed by atoms with Gasteiger partial charge in [-0.15, -0.1) is 0 Å². The molecule has 0 atom stereocenters. The number of fused-ring (bicyclic) bond motifs is 6. The molecule has 2 saturated heterocycles. The molecule has 4 aliphatic rings. The summed E-state index contributed by atoms with van der Waals surface area (Å²) in [5.74, 6) is 3.64. The van der Waals surface area contributed by atoms with Gasteiger partial charge in [-0.05, 0) is 82.9 Å².